The monoisotopic (exact) mass is 488 g/mol. The van der Waals surface area contributed by atoms with Gasteiger partial charge in [0.05, 0.1) is 22.4 Å². The van der Waals surface area contributed by atoms with E-state index in [0.29, 0.717) is 26.2 Å². The van der Waals surface area contributed by atoms with Crippen LogP contribution in [0.5, 0.6) is 5.75 Å². The molecule has 1 aliphatic heterocycles. The Morgan fingerprint density at radius 2 is 1.97 bits per heavy atom. The summed E-state index contributed by atoms with van der Waals surface area (Å²) >= 11 is 2.73. The Labute approximate surface area is 203 Å². The molecule has 5 rings (SSSR count). The van der Waals surface area contributed by atoms with Gasteiger partial charge in [0.15, 0.2) is 4.80 Å². The van der Waals surface area contributed by atoms with Gasteiger partial charge in [0, 0.05) is 10.4 Å². The van der Waals surface area contributed by atoms with E-state index in [1.807, 2.05) is 53.9 Å². The van der Waals surface area contributed by atoms with Crippen molar-refractivity contribution in [3.8, 4) is 5.75 Å². The molecule has 0 spiro atoms. The third-order valence-electron chi connectivity index (χ3n) is 5.35. The van der Waals surface area contributed by atoms with Crippen molar-refractivity contribution in [2.75, 3.05) is 6.61 Å². The number of carbonyl (C=O) groups is 1. The lowest BCUT2D eigenvalue weighted by molar-refractivity contribution is -0.138. The molecule has 170 valence electrons. The normalized spacial score (nSPS) is 15.7. The summed E-state index contributed by atoms with van der Waals surface area (Å²) in [5, 5.41) is 11.7. The van der Waals surface area contributed by atoms with E-state index in [1.54, 1.807) is 35.8 Å². The van der Waals surface area contributed by atoms with Crippen molar-refractivity contribution < 1.29 is 14.6 Å². The number of phenols is 1. The molecule has 6 nitrogen and oxygen atoms in total. The Bertz CT molecular complexity index is 1560. The van der Waals surface area contributed by atoms with Crippen LogP contribution in [0.2, 0.25) is 0 Å². The van der Waals surface area contributed by atoms with Gasteiger partial charge >= 0.3 is 5.97 Å². The number of thiazole rings is 1. The maximum absolute atomic E-state index is 13.6. The average Bonchev–Trinajstić information content (AvgIpc) is 3.47. The molecule has 4 aromatic rings. The molecule has 0 saturated carbocycles. The summed E-state index contributed by atoms with van der Waals surface area (Å²) in [6.45, 7) is 1.97. The fourth-order valence-corrected chi connectivity index (χ4v) is 5.75. The number of benzene rings is 2. The summed E-state index contributed by atoms with van der Waals surface area (Å²) in [6.07, 6.45) is 1.73. The van der Waals surface area contributed by atoms with Gasteiger partial charge in [0.2, 0.25) is 0 Å². The summed E-state index contributed by atoms with van der Waals surface area (Å²) < 4.78 is 7.47. The SMILES string of the molecule is CCOC(=O)C1=C(c2ccccc2)N=c2sc(=Cc3cccc(O)c3)c(=O)n2C1c1cccs1. The predicted molar refractivity (Wildman–Crippen MR) is 133 cm³/mol. The molecule has 0 amide bonds. The number of rotatable bonds is 5. The van der Waals surface area contributed by atoms with E-state index in [9.17, 15) is 14.7 Å². The Morgan fingerprint density at radius 3 is 2.68 bits per heavy atom. The van der Waals surface area contributed by atoms with Crippen molar-refractivity contribution in [2.45, 2.75) is 13.0 Å². The van der Waals surface area contributed by atoms with Crippen LogP contribution in [0.15, 0.2) is 87.5 Å². The standard InChI is InChI=1S/C26H20N2O4S2/c1-2-32-25(31)21-22(17-9-4-3-5-10-17)27-26-28(23(21)19-12-7-13-33-19)24(30)20(34-26)15-16-8-6-11-18(29)14-16/h3-15,23,29H,2H2,1H3. The zero-order chi connectivity index (χ0) is 23.7. The van der Waals surface area contributed by atoms with Crippen molar-refractivity contribution in [3.05, 3.63) is 113 Å². The largest absolute Gasteiger partial charge is 0.508 e. The van der Waals surface area contributed by atoms with Crippen LogP contribution in [-0.4, -0.2) is 22.2 Å². The van der Waals surface area contributed by atoms with Crippen LogP contribution < -0.4 is 14.9 Å². The van der Waals surface area contributed by atoms with Gasteiger partial charge in [-0.15, -0.1) is 11.3 Å². The molecule has 1 unspecified atom stereocenters. The Hall–Kier alpha value is -3.75. The summed E-state index contributed by atoms with van der Waals surface area (Å²) in [7, 11) is 0. The number of thiophene rings is 1. The molecule has 0 bridgehead atoms. The number of fused-ring (bicyclic) bond motifs is 1. The van der Waals surface area contributed by atoms with Gasteiger partial charge < -0.3 is 9.84 Å². The topological polar surface area (TPSA) is 80.9 Å². The summed E-state index contributed by atoms with van der Waals surface area (Å²) in [5.41, 5.74) is 2.07. The lowest BCUT2D eigenvalue weighted by Gasteiger charge is -2.24. The maximum atomic E-state index is 13.6. The minimum absolute atomic E-state index is 0.119. The van der Waals surface area contributed by atoms with E-state index in [4.69, 9.17) is 9.73 Å². The molecule has 1 N–H and O–H groups in total. The quantitative estimate of drug-likeness (QED) is 0.435. The molecule has 0 radical (unpaired) electrons. The molecule has 0 saturated heterocycles. The lowest BCUT2D eigenvalue weighted by atomic mass is 9.97. The first-order chi connectivity index (χ1) is 16.6. The van der Waals surface area contributed by atoms with Crippen molar-refractivity contribution in [3.63, 3.8) is 0 Å². The van der Waals surface area contributed by atoms with Crippen LogP contribution in [0.3, 0.4) is 0 Å². The highest BCUT2D eigenvalue weighted by atomic mass is 32.1. The smallest absolute Gasteiger partial charge is 0.338 e. The van der Waals surface area contributed by atoms with E-state index in [2.05, 4.69) is 0 Å². The average molecular weight is 489 g/mol. The molecule has 2 aromatic carbocycles. The van der Waals surface area contributed by atoms with Crippen LogP contribution in [-0.2, 0) is 9.53 Å². The van der Waals surface area contributed by atoms with Gasteiger partial charge in [-0.25, -0.2) is 9.79 Å². The number of aromatic nitrogens is 1. The first-order valence-corrected chi connectivity index (χ1v) is 12.4. The Morgan fingerprint density at radius 1 is 1.15 bits per heavy atom. The van der Waals surface area contributed by atoms with Gasteiger partial charge in [0.25, 0.3) is 5.56 Å². The van der Waals surface area contributed by atoms with Crippen LogP contribution in [0.4, 0.5) is 0 Å². The number of ether oxygens (including phenoxy) is 1. The van der Waals surface area contributed by atoms with Gasteiger partial charge in [-0.05, 0) is 42.1 Å². The van der Waals surface area contributed by atoms with E-state index >= 15 is 0 Å². The van der Waals surface area contributed by atoms with Crippen LogP contribution in [0.25, 0.3) is 11.8 Å². The summed E-state index contributed by atoms with van der Waals surface area (Å²) in [5.74, 6) is -0.375. The highest BCUT2D eigenvalue weighted by Gasteiger charge is 2.35. The molecule has 3 heterocycles. The fourth-order valence-electron chi connectivity index (χ4n) is 3.92. The van der Waals surface area contributed by atoms with E-state index in [-0.39, 0.29) is 17.9 Å². The Kier molecular flexibility index (Phi) is 6.00. The molecule has 0 aliphatic carbocycles. The van der Waals surface area contributed by atoms with Crippen molar-refractivity contribution in [2.24, 2.45) is 4.99 Å². The molecule has 1 aliphatic rings. The second kappa shape index (κ2) is 9.24. The molecular formula is C26H20N2O4S2. The first-order valence-electron chi connectivity index (χ1n) is 10.7. The van der Waals surface area contributed by atoms with Gasteiger partial charge in [-0.3, -0.25) is 9.36 Å². The summed E-state index contributed by atoms with van der Waals surface area (Å²) in [4.78, 5) is 33.0. The molecule has 1 atom stereocenters. The van der Waals surface area contributed by atoms with Gasteiger partial charge in [-0.2, -0.15) is 0 Å². The number of phenolic OH excluding ortho intramolecular Hbond substituents is 1. The third-order valence-corrected chi connectivity index (χ3v) is 7.26. The highest BCUT2D eigenvalue weighted by Crippen LogP contribution is 2.36. The fraction of sp³-hybridized carbons (Fsp3) is 0.115. The van der Waals surface area contributed by atoms with E-state index in [1.165, 1.54) is 22.7 Å². The number of hydrogen-bond acceptors (Lipinski definition) is 7. The summed E-state index contributed by atoms with van der Waals surface area (Å²) in [6, 6.07) is 19.3. The first kappa shape index (κ1) is 22.1. The minimum Gasteiger partial charge on any atom is -0.508 e. The number of nitrogens with zero attached hydrogens (tertiary/aromatic N) is 2. The van der Waals surface area contributed by atoms with Crippen molar-refractivity contribution in [1.29, 1.82) is 0 Å². The van der Waals surface area contributed by atoms with Crippen molar-refractivity contribution >= 4 is 40.4 Å². The molecule has 2 aromatic heterocycles. The second-order valence-electron chi connectivity index (χ2n) is 7.54. The van der Waals surface area contributed by atoms with Gasteiger partial charge in [-0.1, -0.05) is 59.9 Å². The molecule has 34 heavy (non-hydrogen) atoms. The molecule has 8 heteroatoms. The van der Waals surface area contributed by atoms with Crippen LogP contribution >= 0.6 is 22.7 Å². The second-order valence-corrected chi connectivity index (χ2v) is 9.53. The predicted octanol–water partition coefficient (Wildman–Crippen LogP) is 3.70. The zero-order valence-corrected chi connectivity index (χ0v) is 19.8. The highest BCUT2D eigenvalue weighted by molar-refractivity contribution is 7.10. The third kappa shape index (κ3) is 4.02. The number of hydrogen-bond donors (Lipinski definition) is 1. The number of aromatic hydroxyl groups is 1. The molecule has 0 fully saturated rings. The maximum Gasteiger partial charge on any atom is 0.338 e. The lowest BCUT2D eigenvalue weighted by Crippen LogP contribution is -2.39. The minimum atomic E-state index is -0.656. The van der Waals surface area contributed by atoms with Gasteiger partial charge in [0.1, 0.15) is 11.8 Å². The number of esters is 1. The van der Waals surface area contributed by atoms with Crippen LogP contribution in [0, 0.1) is 0 Å². The zero-order valence-electron chi connectivity index (χ0n) is 18.2. The van der Waals surface area contributed by atoms with E-state index < -0.39 is 12.0 Å². The van der Waals surface area contributed by atoms with Crippen LogP contribution in [0.1, 0.15) is 29.0 Å². The molecular weight excluding hydrogens is 468 g/mol. The Balaban J connectivity index is 1.82. The number of carbonyl (C=O) groups excluding carboxylic acids is 1. The van der Waals surface area contributed by atoms with E-state index in [0.717, 1.165) is 10.4 Å². The van der Waals surface area contributed by atoms with Crippen molar-refractivity contribution in [1.82, 2.24) is 4.57 Å².